The maximum atomic E-state index is 5.38. The first-order valence-corrected chi connectivity index (χ1v) is 7.65. The maximum absolute atomic E-state index is 5.38. The third-order valence-corrected chi connectivity index (χ3v) is 4.35. The van der Waals surface area contributed by atoms with Gasteiger partial charge in [-0.1, -0.05) is 33.6 Å². The van der Waals surface area contributed by atoms with Gasteiger partial charge in [-0.3, -0.25) is 5.10 Å². The third-order valence-electron chi connectivity index (χ3n) is 4.04. The molecule has 0 aliphatic heterocycles. The standard InChI is InChI=1S/C14H25N3S/c1-4-9-17-12(15-16-13(17)18)14(10-11(2)3)7-5-6-8-14/h11H,4-10H2,1-3H3,(H,16,18). The van der Waals surface area contributed by atoms with Crippen molar-refractivity contribution < 1.29 is 0 Å². The molecule has 102 valence electrons. The van der Waals surface area contributed by atoms with Crippen LogP contribution in [-0.4, -0.2) is 14.8 Å². The van der Waals surface area contributed by atoms with Crippen LogP contribution < -0.4 is 0 Å². The van der Waals surface area contributed by atoms with Gasteiger partial charge in [-0.2, -0.15) is 5.10 Å². The van der Waals surface area contributed by atoms with Crippen LogP contribution in [0, 0.1) is 10.7 Å². The fourth-order valence-corrected chi connectivity index (χ4v) is 3.73. The van der Waals surface area contributed by atoms with Gasteiger partial charge in [0.15, 0.2) is 4.77 Å². The summed E-state index contributed by atoms with van der Waals surface area (Å²) in [6, 6.07) is 0. The molecule has 0 bridgehead atoms. The molecule has 1 heterocycles. The minimum atomic E-state index is 0.275. The SMILES string of the molecule is CCCn1c(C2(CC(C)C)CCCC2)n[nH]c1=S. The highest BCUT2D eigenvalue weighted by Gasteiger charge is 2.40. The van der Waals surface area contributed by atoms with Gasteiger partial charge in [-0.05, 0) is 43.8 Å². The molecule has 1 aliphatic rings. The van der Waals surface area contributed by atoms with E-state index in [9.17, 15) is 0 Å². The topological polar surface area (TPSA) is 33.6 Å². The van der Waals surface area contributed by atoms with Crippen LogP contribution in [0.5, 0.6) is 0 Å². The average molecular weight is 267 g/mol. The van der Waals surface area contributed by atoms with E-state index in [2.05, 4.69) is 35.5 Å². The van der Waals surface area contributed by atoms with Crippen LogP contribution in [0.2, 0.25) is 0 Å². The van der Waals surface area contributed by atoms with E-state index in [-0.39, 0.29) is 5.41 Å². The van der Waals surface area contributed by atoms with Crippen molar-refractivity contribution in [3.05, 3.63) is 10.6 Å². The molecule has 18 heavy (non-hydrogen) atoms. The highest BCUT2D eigenvalue weighted by atomic mass is 32.1. The predicted octanol–water partition coefficient (Wildman–Crippen LogP) is 4.21. The van der Waals surface area contributed by atoms with E-state index in [0.29, 0.717) is 5.92 Å². The van der Waals surface area contributed by atoms with Gasteiger partial charge in [0.05, 0.1) is 0 Å². The quantitative estimate of drug-likeness (QED) is 0.811. The predicted molar refractivity (Wildman–Crippen MR) is 77.3 cm³/mol. The van der Waals surface area contributed by atoms with E-state index in [1.54, 1.807) is 0 Å². The van der Waals surface area contributed by atoms with Gasteiger partial charge < -0.3 is 4.57 Å². The monoisotopic (exact) mass is 267 g/mol. The maximum Gasteiger partial charge on any atom is 0.195 e. The fraction of sp³-hybridized carbons (Fsp3) is 0.857. The first-order chi connectivity index (χ1) is 8.59. The van der Waals surface area contributed by atoms with Crippen molar-refractivity contribution in [2.24, 2.45) is 5.92 Å². The lowest BCUT2D eigenvalue weighted by Gasteiger charge is -2.30. The van der Waals surface area contributed by atoms with Crippen molar-refractivity contribution in [2.45, 2.75) is 71.3 Å². The summed E-state index contributed by atoms with van der Waals surface area (Å²) in [5, 5.41) is 7.60. The second kappa shape index (κ2) is 5.55. The molecular formula is C14H25N3S. The summed E-state index contributed by atoms with van der Waals surface area (Å²) in [6.07, 6.45) is 7.55. The number of aromatic amines is 1. The average Bonchev–Trinajstić information content (AvgIpc) is 2.88. The molecule has 3 nitrogen and oxygen atoms in total. The summed E-state index contributed by atoms with van der Waals surface area (Å²) in [6.45, 7) is 7.81. The fourth-order valence-electron chi connectivity index (χ4n) is 3.51. The Bertz CT molecular complexity index is 438. The lowest BCUT2D eigenvalue weighted by molar-refractivity contribution is 0.315. The van der Waals surface area contributed by atoms with E-state index < -0.39 is 0 Å². The van der Waals surface area contributed by atoms with Gasteiger partial charge in [0.25, 0.3) is 0 Å². The van der Waals surface area contributed by atoms with Gasteiger partial charge in [0, 0.05) is 12.0 Å². The molecule has 0 radical (unpaired) electrons. The molecule has 2 rings (SSSR count). The number of H-pyrrole nitrogens is 1. The van der Waals surface area contributed by atoms with E-state index in [0.717, 1.165) is 17.7 Å². The molecule has 4 heteroatoms. The molecule has 0 amide bonds. The molecule has 1 fully saturated rings. The van der Waals surface area contributed by atoms with Crippen molar-refractivity contribution in [1.82, 2.24) is 14.8 Å². The smallest absolute Gasteiger partial charge is 0.195 e. The molecule has 1 aromatic rings. The van der Waals surface area contributed by atoms with Crippen LogP contribution >= 0.6 is 12.2 Å². The Morgan fingerprint density at radius 1 is 1.39 bits per heavy atom. The Kier molecular flexibility index (Phi) is 4.25. The number of hydrogen-bond donors (Lipinski definition) is 1. The summed E-state index contributed by atoms with van der Waals surface area (Å²) in [4.78, 5) is 0. The Balaban J connectivity index is 2.39. The highest BCUT2D eigenvalue weighted by molar-refractivity contribution is 7.71. The van der Waals surface area contributed by atoms with Crippen LogP contribution in [0.15, 0.2) is 0 Å². The van der Waals surface area contributed by atoms with Crippen molar-refractivity contribution in [3.63, 3.8) is 0 Å². The molecule has 1 aliphatic carbocycles. The molecular weight excluding hydrogens is 242 g/mol. The van der Waals surface area contributed by atoms with Crippen LogP contribution in [-0.2, 0) is 12.0 Å². The van der Waals surface area contributed by atoms with Crippen LogP contribution in [0.25, 0.3) is 0 Å². The van der Waals surface area contributed by atoms with Crippen molar-refractivity contribution in [2.75, 3.05) is 0 Å². The van der Waals surface area contributed by atoms with Gasteiger partial charge in [0.1, 0.15) is 5.82 Å². The van der Waals surface area contributed by atoms with Gasteiger partial charge >= 0.3 is 0 Å². The zero-order chi connectivity index (χ0) is 13.2. The zero-order valence-electron chi connectivity index (χ0n) is 11.8. The Labute approximate surface area is 115 Å². The Morgan fingerprint density at radius 3 is 2.61 bits per heavy atom. The van der Waals surface area contributed by atoms with Gasteiger partial charge in [-0.25, -0.2) is 0 Å². The first kappa shape index (κ1) is 13.8. The minimum Gasteiger partial charge on any atom is -0.304 e. The molecule has 1 aromatic heterocycles. The Morgan fingerprint density at radius 2 is 2.06 bits per heavy atom. The Hall–Kier alpha value is -0.640. The van der Waals surface area contributed by atoms with Crippen LogP contribution in [0.1, 0.15) is 65.1 Å². The van der Waals surface area contributed by atoms with Gasteiger partial charge in [0.2, 0.25) is 0 Å². The van der Waals surface area contributed by atoms with E-state index in [1.165, 1.54) is 37.9 Å². The zero-order valence-corrected chi connectivity index (χ0v) is 12.6. The second-order valence-electron chi connectivity index (χ2n) is 6.09. The number of aromatic nitrogens is 3. The molecule has 0 unspecified atom stereocenters. The largest absolute Gasteiger partial charge is 0.304 e. The van der Waals surface area contributed by atoms with Gasteiger partial charge in [-0.15, -0.1) is 0 Å². The summed E-state index contributed by atoms with van der Waals surface area (Å²) in [5.74, 6) is 1.93. The number of nitrogens with zero attached hydrogens (tertiary/aromatic N) is 2. The van der Waals surface area contributed by atoms with E-state index in [1.807, 2.05) is 0 Å². The first-order valence-electron chi connectivity index (χ1n) is 7.25. The normalized spacial score (nSPS) is 18.7. The summed E-state index contributed by atoms with van der Waals surface area (Å²) in [7, 11) is 0. The molecule has 1 N–H and O–H groups in total. The minimum absolute atomic E-state index is 0.275. The van der Waals surface area contributed by atoms with E-state index in [4.69, 9.17) is 12.2 Å². The molecule has 0 aromatic carbocycles. The summed E-state index contributed by atoms with van der Waals surface area (Å²) in [5.41, 5.74) is 0.275. The van der Waals surface area contributed by atoms with Crippen molar-refractivity contribution in [3.8, 4) is 0 Å². The van der Waals surface area contributed by atoms with E-state index >= 15 is 0 Å². The summed E-state index contributed by atoms with van der Waals surface area (Å²) >= 11 is 5.38. The van der Waals surface area contributed by atoms with Crippen LogP contribution in [0.4, 0.5) is 0 Å². The molecule has 0 atom stereocenters. The lowest BCUT2D eigenvalue weighted by Crippen LogP contribution is -2.29. The van der Waals surface area contributed by atoms with Crippen molar-refractivity contribution in [1.29, 1.82) is 0 Å². The van der Waals surface area contributed by atoms with Crippen LogP contribution in [0.3, 0.4) is 0 Å². The summed E-state index contributed by atoms with van der Waals surface area (Å²) < 4.78 is 3.03. The number of nitrogens with one attached hydrogen (secondary N) is 1. The second-order valence-corrected chi connectivity index (χ2v) is 6.48. The highest BCUT2D eigenvalue weighted by Crippen LogP contribution is 2.44. The number of rotatable bonds is 5. The third kappa shape index (κ3) is 2.53. The number of hydrogen-bond acceptors (Lipinski definition) is 2. The molecule has 0 spiro atoms. The van der Waals surface area contributed by atoms with Crippen molar-refractivity contribution >= 4 is 12.2 Å². The molecule has 0 saturated heterocycles. The lowest BCUT2D eigenvalue weighted by atomic mass is 9.77. The molecule has 1 saturated carbocycles.